The van der Waals surface area contributed by atoms with Gasteiger partial charge < -0.3 is 9.84 Å². The molecule has 2 fully saturated rings. The number of aliphatic hydroxyl groups is 1. The van der Waals surface area contributed by atoms with Gasteiger partial charge in [0, 0.05) is 18.4 Å². The van der Waals surface area contributed by atoms with E-state index in [1.165, 1.54) is 0 Å². The molecule has 16 heavy (non-hydrogen) atoms. The highest BCUT2D eigenvalue weighted by molar-refractivity contribution is 6.02. The van der Waals surface area contributed by atoms with Gasteiger partial charge >= 0.3 is 0 Å². The van der Waals surface area contributed by atoms with Crippen LogP contribution in [0.25, 0.3) is 0 Å². The third-order valence-electron chi connectivity index (χ3n) is 5.42. The van der Waals surface area contributed by atoms with E-state index in [4.69, 9.17) is 4.74 Å². The lowest BCUT2D eigenvalue weighted by atomic mass is 9.62. The Kier molecular flexibility index (Phi) is 1.81. The number of carbonyl (C=O) groups is 1. The van der Waals surface area contributed by atoms with Crippen LogP contribution in [0.3, 0.4) is 0 Å². The first-order chi connectivity index (χ1) is 7.46. The van der Waals surface area contributed by atoms with Crippen molar-refractivity contribution in [3.05, 3.63) is 11.6 Å². The summed E-state index contributed by atoms with van der Waals surface area (Å²) in [6, 6.07) is 0. The second kappa shape index (κ2) is 2.77. The fourth-order valence-electron chi connectivity index (χ4n) is 4.29. The Balaban J connectivity index is 2.22. The maximum Gasteiger partial charge on any atom is 0.167 e. The van der Waals surface area contributed by atoms with E-state index >= 15 is 0 Å². The Morgan fingerprint density at radius 1 is 1.56 bits per heavy atom. The van der Waals surface area contributed by atoms with Gasteiger partial charge in [-0.1, -0.05) is 6.08 Å². The third kappa shape index (κ3) is 0.800. The molecular formula is C13H18O3. The predicted octanol–water partition coefficient (Wildman–Crippen LogP) is 1.17. The number of hydrogen-bond donors (Lipinski definition) is 1. The molecule has 5 atom stereocenters. The van der Waals surface area contributed by atoms with Crippen LogP contribution in [0.4, 0.5) is 0 Å². The molecule has 1 saturated heterocycles. The molecule has 0 aromatic heterocycles. The van der Waals surface area contributed by atoms with E-state index in [9.17, 15) is 9.90 Å². The van der Waals surface area contributed by atoms with Gasteiger partial charge in [-0.3, -0.25) is 4.79 Å². The minimum atomic E-state index is -0.534. The molecule has 0 aromatic rings. The molecule has 0 aromatic carbocycles. The Hall–Kier alpha value is -0.670. The van der Waals surface area contributed by atoms with E-state index in [2.05, 4.69) is 6.08 Å². The lowest BCUT2D eigenvalue weighted by Crippen LogP contribution is -2.56. The van der Waals surface area contributed by atoms with Gasteiger partial charge in [0.05, 0.1) is 17.6 Å². The molecule has 0 amide bonds. The summed E-state index contributed by atoms with van der Waals surface area (Å²) in [6.07, 6.45) is 2.07. The van der Waals surface area contributed by atoms with Crippen molar-refractivity contribution >= 4 is 5.78 Å². The van der Waals surface area contributed by atoms with Crippen LogP contribution >= 0.6 is 0 Å². The molecule has 5 unspecified atom stereocenters. The molecule has 3 rings (SSSR count). The average Bonchev–Trinajstić information content (AvgIpc) is 2.62. The zero-order chi connectivity index (χ0) is 11.7. The molecule has 1 N–H and O–H groups in total. The van der Waals surface area contributed by atoms with E-state index in [0.29, 0.717) is 18.4 Å². The highest BCUT2D eigenvalue weighted by atomic mass is 16.5. The molecule has 1 aliphatic heterocycles. The van der Waals surface area contributed by atoms with Crippen molar-refractivity contribution < 1.29 is 14.6 Å². The number of Topliss-reactive ketones (excluding diaryl/α,β-unsaturated/α-hetero) is 1. The van der Waals surface area contributed by atoms with Crippen LogP contribution in [0, 0.1) is 23.2 Å². The second-order valence-electron chi connectivity index (χ2n) is 5.78. The van der Waals surface area contributed by atoms with Gasteiger partial charge in [-0.2, -0.15) is 0 Å². The summed E-state index contributed by atoms with van der Waals surface area (Å²) in [5, 5.41) is 9.59. The number of carbonyl (C=O) groups excluding carboxylic acids is 1. The van der Waals surface area contributed by atoms with E-state index < -0.39 is 11.0 Å². The number of hydrogen-bond acceptors (Lipinski definition) is 3. The number of allylic oxidation sites excluding steroid dienone is 1. The largest absolute Gasteiger partial charge is 0.396 e. The van der Waals surface area contributed by atoms with Crippen molar-refractivity contribution in [1.82, 2.24) is 0 Å². The second-order valence-corrected chi connectivity index (χ2v) is 5.78. The van der Waals surface area contributed by atoms with Gasteiger partial charge in [0.1, 0.15) is 0 Å². The lowest BCUT2D eigenvalue weighted by Gasteiger charge is -2.47. The first-order valence-electron chi connectivity index (χ1n) is 5.95. The minimum absolute atomic E-state index is 0.0532. The van der Waals surface area contributed by atoms with Gasteiger partial charge in [0.25, 0.3) is 0 Å². The van der Waals surface area contributed by atoms with E-state index in [1.807, 2.05) is 20.8 Å². The third-order valence-corrected chi connectivity index (χ3v) is 5.42. The van der Waals surface area contributed by atoms with Crippen LogP contribution < -0.4 is 0 Å². The van der Waals surface area contributed by atoms with Gasteiger partial charge in [0.2, 0.25) is 0 Å². The molecule has 88 valence electrons. The van der Waals surface area contributed by atoms with Crippen LogP contribution in [0.2, 0.25) is 0 Å². The van der Waals surface area contributed by atoms with Crippen LogP contribution in [-0.4, -0.2) is 29.7 Å². The molecule has 2 aliphatic carbocycles. The molecule has 1 heterocycles. The Bertz CT molecular complexity index is 400. The molecule has 1 saturated carbocycles. The van der Waals surface area contributed by atoms with E-state index in [-0.39, 0.29) is 18.3 Å². The summed E-state index contributed by atoms with van der Waals surface area (Å²) in [4.78, 5) is 12.4. The number of rotatable bonds is 1. The van der Waals surface area contributed by atoms with Crippen molar-refractivity contribution in [2.45, 2.75) is 26.4 Å². The van der Waals surface area contributed by atoms with Crippen molar-refractivity contribution in [2.24, 2.45) is 23.2 Å². The van der Waals surface area contributed by atoms with Gasteiger partial charge in [-0.05, 0) is 32.3 Å². The van der Waals surface area contributed by atoms with Gasteiger partial charge in [-0.25, -0.2) is 0 Å². The smallest absolute Gasteiger partial charge is 0.167 e. The fourth-order valence-corrected chi connectivity index (χ4v) is 4.29. The summed E-state index contributed by atoms with van der Waals surface area (Å²) in [5.41, 5.74) is -0.0908. The lowest BCUT2D eigenvalue weighted by molar-refractivity contribution is -0.163. The maximum atomic E-state index is 12.4. The maximum absolute atomic E-state index is 12.4. The predicted molar refractivity (Wildman–Crippen MR) is 58.8 cm³/mol. The Morgan fingerprint density at radius 2 is 2.25 bits per heavy atom. The SMILES string of the molecule is CC1=CC2C3COC2(C)C(C)(C1=O)C3CO. The Labute approximate surface area is 95.5 Å². The van der Waals surface area contributed by atoms with Gasteiger partial charge in [-0.15, -0.1) is 0 Å². The Morgan fingerprint density at radius 3 is 2.88 bits per heavy atom. The molecule has 0 radical (unpaired) electrons. The van der Waals surface area contributed by atoms with Crippen molar-refractivity contribution in [3.63, 3.8) is 0 Å². The molecule has 3 aliphatic rings. The normalized spacial score (nSPS) is 54.4. The monoisotopic (exact) mass is 222 g/mol. The zero-order valence-electron chi connectivity index (χ0n) is 9.99. The quantitative estimate of drug-likeness (QED) is 0.724. The zero-order valence-corrected chi connectivity index (χ0v) is 9.99. The summed E-state index contributed by atoms with van der Waals surface area (Å²) in [5.74, 6) is 0.818. The summed E-state index contributed by atoms with van der Waals surface area (Å²) in [7, 11) is 0. The van der Waals surface area contributed by atoms with Gasteiger partial charge in [0.15, 0.2) is 5.78 Å². The summed E-state index contributed by atoms with van der Waals surface area (Å²) < 4.78 is 5.88. The molecular weight excluding hydrogens is 204 g/mol. The molecule has 0 spiro atoms. The molecule has 3 nitrogen and oxygen atoms in total. The number of aliphatic hydroxyl groups excluding tert-OH is 1. The highest BCUT2D eigenvalue weighted by Gasteiger charge is 2.73. The van der Waals surface area contributed by atoms with Crippen LogP contribution in [0.15, 0.2) is 11.6 Å². The fraction of sp³-hybridized carbons (Fsp3) is 0.769. The van der Waals surface area contributed by atoms with Crippen molar-refractivity contribution in [1.29, 1.82) is 0 Å². The standard InChI is InChI=1S/C13H18O3/c1-7-4-9-8-6-16-13(9,3)12(2,11(7)15)10(8)5-14/h4,8-10,14H,5-6H2,1-3H3. The summed E-state index contributed by atoms with van der Waals surface area (Å²) >= 11 is 0. The number of ketones is 1. The molecule has 4 bridgehead atoms. The first-order valence-corrected chi connectivity index (χ1v) is 5.95. The first kappa shape index (κ1) is 10.5. The topological polar surface area (TPSA) is 46.5 Å². The van der Waals surface area contributed by atoms with Crippen molar-refractivity contribution in [3.8, 4) is 0 Å². The van der Waals surface area contributed by atoms with Crippen LogP contribution in [0.1, 0.15) is 20.8 Å². The summed E-state index contributed by atoms with van der Waals surface area (Å²) in [6.45, 7) is 6.66. The average molecular weight is 222 g/mol. The minimum Gasteiger partial charge on any atom is -0.396 e. The van der Waals surface area contributed by atoms with E-state index in [1.54, 1.807) is 0 Å². The van der Waals surface area contributed by atoms with Crippen LogP contribution in [-0.2, 0) is 9.53 Å². The molecule has 3 heteroatoms. The van der Waals surface area contributed by atoms with Crippen molar-refractivity contribution in [2.75, 3.05) is 13.2 Å². The highest BCUT2D eigenvalue weighted by Crippen LogP contribution is 2.66. The number of ether oxygens (including phenoxy) is 1. The van der Waals surface area contributed by atoms with E-state index in [0.717, 1.165) is 5.57 Å². The van der Waals surface area contributed by atoms with Crippen LogP contribution in [0.5, 0.6) is 0 Å².